The predicted octanol–water partition coefficient (Wildman–Crippen LogP) is 2.08. The van der Waals surface area contributed by atoms with Crippen molar-refractivity contribution in [3.05, 3.63) is 23.8 Å². The molecule has 0 amide bonds. The maximum absolute atomic E-state index is 9.19. The molecule has 5 nitrogen and oxygen atoms in total. The Kier molecular flexibility index (Phi) is 4.53. The predicted molar refractivity (Wildman–Crippen MR) is 88.9 cm³/mol. The van der Waals surface area contributed by atoms with Gasteiger partial charge in [-0.1, -0.05) is 0 Å². The molecule has 1 saturated heterocycles. The molecule has 0 saturated carbocycles. The topological polar surface area (TPSA) is 80.6 Å². The first-order chi connectivity index (χ1) is 10.2. The zero-order chi connectivity index (χ0) is 16.5. The molecule has 2 N–H and O–H groups in total. The summed E-state index contributed by atoms with van der Waals surface area (Å²) in [5.74, 6) is 0.416. The zero-order valence-corrected chi connectivity index (χ0v) is 13.9. The number of alkyl halides is 1. The number of nitrogens with zero attached hydrogens (tertiary/aromatic N) is 2. The Balaban J connectivity index is 2.41. The number of nitriles is 1. The second-order valence-electron chi connectivity index (χ2n) is 6.25. The van der Waals surface area contributed by atoms with Crippen molar-refractivity contribution in [3.8, 4) is 6.07 Å². The molecule has 1 aromatic rings. The average molecular weight is 320 g/mol. The largest absolute Gasteiger partial charge is 0.494 e. The Bertz CT molecular complexity index is 637. The highest BCUT2D eigenvalue weighted by molar-refractivity contribution is 6.62. The molecular formula is C15H19BClN3O2. The lowest BCUT2D eigenvalue weighted by Crippen LogP contribution is -2.41. The zero-order valence-electron chi connectivity index (χ0n) is 13.2. The third-order valence-corrected chi connectivity index (χ3v) is 4.28. The summed E-state index contributed by atoms with van der Waals surface area (Å²) in [6, 6.07) is 7.28. The van der Waals surface area contributed by atoms with Gasteiger partial charge in [0, 0.05) is 0 Å². The number of benzene rings is 1. The molecule has 1 heterocycles. The highest BCUT2D eigenvalue weighted by Gasteiger charge is 2.51. The van der Waals surface area contributed by atoms with Gasteiger partial charge >= 0.3 is 7.12 Å². The van der Waals surface area contributed by atoms with Crippen LogP contribution in [0, 0.1) is 11.3 Å². The summed E-state index contributed by atoms with van der Waals surface area (Å²) in [6.07, 6.45) is 0. The van der Waals surface area contributed by atoms with Crippen molar-refractivity contribution in [2.75, 3.05) is 5.88 Å². The van der Waals surface area contributed by atoms with E-state index in [-0.39, 0.29) is 11.7 Å². The van der Waals surface area contributed by atoms with E-state index >= 15 is 0 Å². The number of amidine groups is 1. The van der Waals surface area contributed by atoms with Crippen LogP contribution < -0.4 is 11.2 Å². The highest BCUT2D eigenvalue weighted by atomic mass is 35.5. The number of nitrogens with two attached hydrogens (primary N) is 1. The van der Waals surface area contributed by atoms with Gasteiger partial charge in [-0.2, -0.15) is 5.26 Å². The molecule has 116 valence electrons. The van der Waals surface area contributed by atoms with E-state index in [4.69, 9.17) is 26.6 Å². The first-order valence-corrected chi connectivity index (χ1v) is 7.52. The summed E-state index contributed by atoms with van der Waals surface area (Å²) in [7, 11) is -0.551. The molecule has 0 aliphatic carbocycles. The van der Waals surface area contributed by atoms with Crippen LogP contribution in [-0.2, 0) is 9.31 Å². The van der Waals surface area contributed by atoms with Crippen molar-refractivity contribution in [1.29, 1.82) is 5.26 Å². The van der Waals surface area contributed by atoms with E-state index in [2.05, 4.69) is 11.1 Å². The Morgan fingerprint density at radius 3 is 2.36 bits per heavy atom. The fourth-order valence-corrected chi connectivity index (χ4v) is 2.13. The summed E-state index contributed by atoms with van der Waals surface area (Å²) in [5.41, 5.74) is 6.53. The molecule has 1 aliphatic rings. The van der Waals surface area contributed by atoms with E-state index < -0.39 is 18.3 Å². The van der Waals surface area contributed by atoms with Crippen molar-refractivity contribution in [2.45, 2.75) is 38.9 Å². The maximum Gasteiger partial charge on any atom is 0.494 e. The van der Waals surface area contributed by atoms with Gasteiger partial charge in [0.15, 0.2) is 0 Å². The van der Waals surface area contributed by atoms with Gasteiger partial charge in [0.05, 0.1) is 34.4 Å². The molecule has 0 atom stereocenters. The van der Waals surface area contributed by atoms with Crippen LogP contribution in [0.2, 0.25) is 0 Å². The van der Waals surface area contributed by atoms with E-state index in [0.717, 1.165) is 5.46 Å². The minimum absolute atomic E-state index is 0.128. The van der Waals surface area contributed by atoms with Gasteiger partial charge in [0.2, 0.25) is 0 Å². The molecule has 0 unspecified atom stereocenters. The lowest BCUT2D eigenvalue weighted by Gasteiger charge is -2.32. The first kappa shape index (κ1) is 16.8. The maximum atomic E-state index is 9.19. The Hall–Kier alpha value is -1.55. The van der Waals surface area contributed by atoms with Crippen LogP contribution >= 0.6 is 11.6 Å². The summed E-state index contributed by atoms with van der Waals surface area (Å²) in [5, 5.41) is 9.19. The minimum Gasteiger partial charge on any atom is -0.399 e. The molecule has 0 spiro atoms. The number of hydrogen-bond donors (Lipinski definition) is 1. The van der Waals surface area contributed by atoms with Gasteiger partial charge in [-0.25, -0.2) is 4.99 Å². The number of rotatable bonds is 3. The van der Waals surface area contributed by atoms with E-state index in [1.165, 1.54) is 0 Å². The summed E-state index contributed by atoms with van der Waals surface area (Å²) >= 11 is 5.65. The van der Waals surface area contributed by atoms with Gasteiger partial charge < -0.3 is 15.0 Å². The highest BCUT2D eigenvalue weighted by Crippen LogP contribution is 2.36. The van der Waals surface area contributed by atoms with Crippen molar-refractivity contribution < 1.29 is 9.31 Å². The van der Waals surface area contributed by atoms with Crippen molar-refractivity contribution >= 4 is 35.7 Å². The van der Waals surface area contributed by atoms with Crippen LogP contribution in [0.4, 0.5) is 5.69 Å². The smallest absolute Gasteiger partial charge is 0.399 e. The van der Waals surface area contributed by atoms with Gasteiger partial charge in [-0.05, 0) is 51.4 Å². The lowest BCUT2D eigenvalue weighted by atomic mass is 9.78. The second-order valence-corrected chi connectivity index (χ2v) is 6.52. The van der Waals surface area contributed by atoms with Crippen molar-refractivity contribution in [1.82, 2.24) is 0 Å². The molecule has 1 aromatic carbocycles. The third kappa shape index (κ3) is 3.27. The molecule has 22 heavy (non-hydrogen) atoms. The van der Waals surface area contributed by atoms with E-state index in [1.807, 2.05) is 27.7 Å². The Morgan fingerprint density at radius 1 is 1.27 bits per heavy atom. The summed E-state index contributed by atoms with van der Waals surface area (Å²) < 4.78 is 12.0. The van der Waals surface area contributed by atoms with Crippen LogP contribution in [0.3, 0.4) is 0 Å². The van der Waals surface area contributed by atoms with Crippen molar-refractivity contribution in [2.24, 2.45) is 10.7 Å². The Morgan fingerprint density at radius 2 is 1.86 bits per heavy atom. The number of aliphatic imine (C=N–C) groups is 1. The van der Waals surface area contributed by atoms with Gasteiger partial charge in [-0.15, -0.1) is 11.6 Å². The van der Waals surface area contributed by atoms with Crippen LogP contribution in [-0.4, -0.2) is 30.0 Å². The van der Waals surface area contributed by atoms with Crippen LogP contribution in [0.5, 0.6) is 0 Å². The normalized spacial score (nSPS) is 20.0. The molecule has 1 fully saturated rings. The molecule has 7 heteroatoms. The molecule has 0 aromatic heterocycles. The number of halogens is 1. The molecular weight excluding hydrogens is 300 g/mol. The Labute approximate surface area is 136 Å². The average Bonchev–Trinajstić information content (AvgIpc) is 2.67. The van der Waals surface area contributed by atoms with E-state index in [0.29, 0.717) is 11.3 Å². The molecule has 0 bridgehead atoms. The van der Waals surface area contributed by atoms with Crippen LogP contribution in [0.15, 0.2) is 23.2 Å². The molecule has 2 rings (SSSR count). The lowest BCUT2D eigenvalue weighted by molar-refractivity contribution is 0.00578. The van der Waals surface area contributed by atoms with Crippen LogP contribution in [0.1, 0.15) is 33.3 Å². The van der Waals surface area contributed by atoms with E-state index in [9.17, 15) is 5.26 Å². The fourth-order valence-electron chi connectivity index (χ4n) is 2.07. The van der Waals surface area contributed by atoms with E-state index in [1.54, 1.807) is 18.2 Å². The SMILES string of the molecule is CC1(C)OB(c2cc(C#N)cc(N=C(N)CCl)c2)OC1(C)C. The first-order valence-electron chi connectivity index (χ1n) is 6.98. The quantitative estimate of drug-likeness (QED) is 0.400. The standard InChI is InChI=1S/C15H19BClN3O2/c1-14(2)15(3,4)22-16(21-14)11-5-10(9-18)6-12(7-11)20-13(19)8-17/h5-7H,8H2,1-4H3,(H2,19,20). The summed E-state index contributed by atoms with van der Waals surface area (Å²) in [6.45, 7) is 7.91. The third-order valence-electron chi connectivity index (χ3n) is 4.00. The van der Waals surface area contributed by atoms with Crippen LogP contribution in [0.25, 0.3) is 0 Å². The molecule has 1 aliphatic heterocycles. The second kappa shape index (κ2) is 5.92. The van der Waals surface area contributed by atoms with Gasteiger partial charge in [-0.3, -0.25) is 0 Å². The monoisotopic (exact) mass is 319 g/mol. The fraction of sp³-hybridized carbons (Fsp3) is 0.467. The minimum atomic E-state index is -0.551. The van der Waals surface area contributed by atoms with Gasteiger partial charge in [0.25, 0.3) is 0 Å². The summed E-state index contributed by atoms with van der Waals surface area (Å²) in [4.78, 5) is 4.19. The van der Waals surface area contributed by atoms with Gasteiger partial charge in [0.1, 0.15) is 5.84 Å². The number of hydrogen-bond acceptors (Lipinski definition) is 4. The van der Waals surface area contributed by atoms with Crippen molar-refractivity contribution in [3.63, 3.8) is 0 Å². The molecule has 0 radical (unpaired) electrons.